The summed E-state index contributed by atoms with van der Waals surface area (Å²) in [5, 5.41) is 0.434. The number of amides is 1. The van der Waals surface area contributed by atoms with Gasteiger partial charge < -0.3 is 14.1 Å². The van der Waals surface area contributed by atoms with Gasteiger partial charge in [-0.1, -0.05) is 48.5 Å². The molecule has 0 aliphatic carbocycles. The van der Waals surface area contributed by atoms with Crippen LogP contribution in [0, 0.1) is 6.92 Å². The summed E-state index contributed by atoms with van der Waals surface area (Å²) in [5.74, 6) is 1.48. The van der Waals surface area contributed by atoms with Gasteiger partial charge in [0.2, 0.25) is 0 Å². The molecule has 1 aliphatic rings. The molecule has 166 valence electrons. The van der Waals surface area contributed by atoms with Gasteiger partial charge >= 0.3 is 0 Å². The van der Waals surface area contributed by atoms with Crippen LogP contribution in [0.15, 0.2) is 82.0 Å². The Labute approximate surface area is 192 Å². The Hall–Kier alpha value is -3.86. The molecule has 5 rings (SSSR count). The maximum absolute atomic E-state index is 13.5. The maximum atomic E-state index is 13.5. The Morgan fingerprint density at radius 3 is 2.48 bits per heavy atom. The number of nitrogens with zero attached hydrogens (tertiary/aromatic N) is 1. The van der Waals surface area contributed by atoms with Crippen LogP contribution < -0.4 is 10.2 Å². The van der Waals surface area contributed by atoms with Gasteiger partial charge in [0, 0.05) is 30.1 Å². The fourth-order valence-electron chi connectivity index (χ4n) is 4.61. The molecule has 1 fully saturated rings. The molecule has 0 bridgehead atoms. The Bertz CT molecular complexity index is 1370. The molecule has 0 radical (unpaired) electrons. The van der Waals surface area contributed by atoms with E-state index in [0.717, 1.165) is 17.7 Å². The normalized spacial score (nSPS) is 15.7. The molecule has 0 N–H and O–H groups in total. The number of methoxy groups -OCH3 is 1. The highest BCUT2D eigenvalue weighted by atomic mass is 16.5. The molecule has 0 spiro atoms. The smallest absolute Gasteiger partial charge is 0.257 e. The minimum Gasteiger partial charge on any atom is -0.497 e. The molecule has 4 aromatic rings. The van der Waals surface area contributed by atoms with Crippen molar-refractivity contribution in [1.82, 2.24) is 4.90 Å². The monoisotopic (exact) mass is 439 g/mol. The molecule has 1 unspecified atom stereocenters. The SMILES string of the molecule is COc1ccc(C2CCN(C(=O)c3cccc4c(=O)c(C)c(-c5ccccc5)oc34)C2)cc1. The van der Waals surface area contributed by atoms with E-state index in [1.54, 1.807) is 32.2 Å². The lowest BCUT2D eigenvalue weighted by atomic mass is 9.98. The van der Waals surface area contributed by atoms with E-state index in [2.05, 4.69) is 12.1 Å². The number of fused-ring (bicyclic) bond motifs is 1. The standard InChI is InChI=1S/C28H25NO4/c1-18-25(30)23-9-6-10-24(27(23)33-26(18)20-7-4-3-5-8-20)28(31)29-16-15-21(17-29)19-11-13-22(32-2)14-12-19/h3-14,21H,15-17H2,1-2H3. The first-order valence-corrected chi connectivity index (χ1v) is 11.1. The third-order valence-electron chi connectivity index (χ3n) is 6.47. The lowest BCUT2D eigenvalue weighted by Gasteiger charge is -2.18. The number of rotatable bonds is 4. The Morgan fingerprint density at radius 1 is 1.00 bits per heavy atom. The van der Waals surface area contributed by atoms with Gasteiger partial charge in [-0.05, 0) is 43.2 Å². The van der Waals surface area contributed by atoms with Crippen LogP contribution in [0.5, 0.6) is 5.75 Å². The molecular formula is C28H25NO4. The lowest BCUT2D eigenvalue weighted by molar-refractivity contribution is 0.0791. The van der Waals surface area contributed by atoms with E-state index in [9.17, 15) is 9.59 Å². The molecule has 0 saturated carbocycles. The average molecular weight is 440 g/mol. The summed E-state index contributed by atoms with van der Waals surface area (Å²) in [6.45, 7) is 3.05. The summed E-state index contributed by atoms with van der Waals surface area (Å²) >= 11 is 0. The van der Waals surface area contributed by atoms with Gasteiger partial charge in [0.1, 0.15) is 11.5 Å². The summed E-state index contributed by atoms with van der Waals surface area (Å²) in [6.07, 6.45) is 0.890. The van der Waals surface area contributed by atoms with E-state index in [-0.39, 0.29) is 17.3 Å². The summed E-state index contributed by atoms with van der Waals surface area (Å²) in [5.41, 5.74) is 3.22. The van der Waals surface area contributed by atoms with Gasteiger partial charge in [0.15, 0.2) is 11.0 Å². The van der Waals surface area contributed by atoms with Gasteiger partial charge in [-0.25, -0.2) is 0 Å². The number of benzene rings is 3. The first kappa shape index (κ1) is 21.0. The lowest BCUT2D eigenvalue weighted by Crippen LogP contribution is -2.29. The van der Waals surface area contributed by atoms with Gasteiger partial charge in [-0.2, -0.15) is 0 Å². The van der Waals surface area contributed by atoms with Crippen molar-refractivity contribution in [3.05, 3.63) is 99.7 Å². The van der Waals surface area contributed by atoms with Crippen LogP contribution in [-0.4, -0.2) is 31.0 Å². The molecule has 2 heterocycles. The number of para-hydroxylation sites is 1. The Morgan fingerprint density at radius 2 is 1.76 bits per heavy atom. The summed E-state index contributed by atoms with van der Waals surface area (Å²) in [6, 6.07) is 22.8. The highest BCUT2D eigenvalue weighted by Crippen LogP contribution is 2.32. The number of carbonyl (C=O) groups excluding carboxylic acids is 1. The molecule has 1 amide bonds. The van der Waals surface area contributed by atoms with Crippen LogP contribution in [0.1, 0.15) is 33.8 Å². The second kappa shape index (κ2) is 8.58. The fourth-order valence-corrected chi connectivity index (χ4v) is 4.61. The van der Waals surface area contributed by atoms with Crippen molar-refractivity contribution in [2.45, 2.75) is 19.3 Å². The highest BCUT2D eigenvalue weighted by molar-refractivity contribution is 6.05. The predicted octanol–water partition coefficient (Wildman–Crippen LogP) is 5.41. The summed E-state index contributed by atoms with van der Waals surface area (Å²) in [4.78, 5) is 28.5. The first-order valence-electron chi connectivity index (χ1n) is 11.1. The van der Waals surface area contributed by atoms with Crippen LogP contribution in [0.4, 0.5) is 0 Å². The van der Waals surface area contributed by atoms with Crippen molar-refractivity contribution in [3.8, 4) is 17.1 Å². The minimum absolute atomic E-state index is 0.109. The second-order valence-electron chi connectivity index (χ2n) is 8.44. The number of carbonyl (C=O) groups is 1. The fraction of sp³-hybridized carbons (Fsp3) is 0.214. The minimum atomic E-state index is -0.109. The number of likely N-dealkylation sites (tertiary alicyclic amines) is 1. The zero-order chi connectivity index (χ0) is 22.9. The molecule has 1 aliphatic heterocycles. The highest BCUT2D eigenvalue weighted by Gasteiger charge is 2.30. The molecule has 5 nitrogen and oxygen atoms in total. The second-order valence-corrected chi connectivity index (χ2v) is 8.44. The quantitative estimate of drug-likeness (QED) is 0.427. The number of hydrogen-bond acceptors (Lipinski definition) is 4. The first-order chi connectivity index (χ1) is 16.1. The summed E-state index contributed by atoms with van der Waals surface area (Å²) in [7, 11) is 1.65. The Kier molecular flexibility index (Phi) is 5.47. The topological polar surface area (TPSA) is 59.8 Å². The van der Waals surface area contributed by atoms with Gasteiger partial charge in [0.25, 0.3) is 5.91 Å². The van der Waals surface area contributed by atoms with Gasteiger partial charge in [-0.3, -0.25) is 9.59 Å². The largest absolute Gasteiger partial charge is 0.497 e. The van der Waals surface area contributed by atoms with E-state index >= 15 is 0 Å². The van der Waals surface area contributed by atoms with Crippen molar-refractivity contribution in [1.29, 1.82) is 0 Å². The zero-order valence-electron chi connectivity index (χ0n) is 18.7. The molecule has 1 saturated heterocycles. The zero-order valence-corrected chi connectivity index (χ0v) is 18.7. The van der Waals surface area contributed by atoms with Crippen molar-refractivity contribution in [2.75, 3.05) is 20.2 Å². The van der Waals surface area contributed by atoms with E-state index in [4.69, 9.17) is 9.15 Å². The average Bonchev–Trinajstić information content (AvgIpc) is 3.36. The van der Waals surface area contributed by atoms with Crippen LogP contribution in [-0.2, 0) is 0 Å². The molecule has 1 atom stereocenters. The van der Waals surface area contributed by atoms with Crippen molar-refractivity contribution in [3.63, 3.8) is 0 Å². The predicted molar refractivity (Wildman–Crippen MR) is 129 cm³/mol. The summed E-state index contributed by atoms with van der Waals surface area (Å²) < 4.78 is 11.5. The van der Waals surface area contributed by atoms with Crippen LogP contribution in [0.3, 0.4) is 0 Å². The van der Waals surface area contributed by atoms with Crippen LogP contribution in [0.25, 0.3) is 22.3 Å². The molecular weight excluding hydrogens is 414 g/mol. The molecule has 3 aromatic carbocycles. The van der Waals surface area contributed by atoms with E-state index in [0.29, 0.717) is 40.9 Å². The maximum Gasteiger partial charge on any atom is 0.257 e. The van der Waals surface area contributed by atoms with E-state index in [1.807, 2.05) is 47.4 Å². The Balaban J connectivity index is 1.50. The molecule has 5 heteroatoms. The van der Waals surface area contributed by atoms with Crippen LogP contribution in [0.2, 0.25) is 0 Å². The van der Waals surface area contributed by atoms with Crippen LogP contribution >= 0.6 is 0 Å². The molecule has 1 aromatic heterocycles. The van der Waals surface area contributed by atoms with Crippen molar-refractivity contribution in [2.24, 2.45) is 0 Å². The van der Waals surface area contributed by atoms with Crippen molar-refractivity contribution >= 4 is 16.9 Å². The number of ether oxygens (including phenoxy) is 1. The van der Waals surface area contributed by atoms with Gasteiger partial charge in [0.05, 0.1) is 18.1 Å². The van der Waals surface area contributed by atoms with Gasteiger partial charge in [-0.15, -0.1) is 0 Å². The van der Waals surface area contributed by atoms with E-state index < -0.39 is 0 Å². The molecule has 33 heavy (non-hydrogen) atoms. The number of hydrogen-bond donors (Lipinski definition) is 0. The third kappa shape index (κ3) is 3.80. The van der Waals surface area contributed by atoms with E-state index in [1.165, 1.54) is 5.56 Å². The van der Waals surface area contributed by atoms with Crippen molar-refractivity contribution < 1.29 is 13.9 Å². The third-order valence-corrected chi connectivity index (χ3v) is 6.47.